The van der Waals surface area contributed by atoms with Crippen molar-refractivity contribution < 1.29 is 28.6 Å². The van der Waals surface area contributed by atoms with Crippen LogP contribution in [0.25, 0.3) is 0 Å². The first-order valence-electron chi connectivity index (χ1n) is 31.1. The molecule has 0 aliphatic rings. The first kappa shape index (κ1) is 69.6. The van der Waals surface area contributed by atoms with Crippen LogP contribution in [0.1, 0.15) is 303 Å². The van der Waals surface area contributed by atoms with Crippen LogP contribution in [-0.4, -0.2) is 37.2 Å². The van der Waals surface area contributed by atoms with Gasteiger partial charge < -0.3 is 14.2 Å². The summed E-state index contributed by atoms with van der Waals surface area (Å²) in [7, 11) is 0. The minimum Gasteiger partial charge on any atom is -0.462 e. The van der Waals surface area contributed by atoms with Gasteiger partial charge in [-0.1, -0.05) is 247 Å². The number of ether oxygens (including phenoxy) is 3. The molecular weight excluding hydrogens is 901 g/mol. The molecule has 0 rings (SSSR count). The highest BCUT2D eigenvalue weighted by Crippen LogP contribution is 2.15. The molecule has 1 atom stereocenters. The molecule has 0 heterocycles. The Morgan fingerprint density at radius 2 is 0.493 bits per heavy atom. The van der Waals surface area contributed by atoms with Gasteiger partial charge in [0.05, 0.1) is 0 Å². The molecule has 6 nitrogen and oxygen atoms in total. The molecule has 0 bridgehead atoms. The predicted molar refractivity (Wildman–Crippen MR) is 316 cm³/mol. The van der Waals surface area contributed by atoms with Gasteiger partial charge in [-0.25, -0.2) is 0 Å². The Kier molecular flexibility index (Phi) is 58.3. The largest absolute Gasteiger partial charge is 0.462 e. The summed E-state index contributed by atoms with van der Waals surface area (Å²) < 4.78 is 16.9. The summed E-state index contributed by atoms with van der Waals surface area (Å²) in [5.41, 5.74) is 0. The number of esters is 3. The second kappa shape index (κ2) is 61.1. The van der Waals surface area contributed by atoms with Crippen molar-refractivity contribution in [1.82, 2.24) is 0 Å². The molecule has 0 fully saturated rings. The van der Waals surface area contributed by atoms with Crippen LogP contribution in [0.3, 0.4) is 0 Å². The summed E-state index contributed by atoms with van der Waals surface area (Å²) in [4.78, 5) is 38.3. The number of hydrogen-bond acceptors (Lipinski definition) is 6. The summed E-state index contributed by atoms with van der Waals surface area (Å²) in [5.74, 6) is -0.924. The predicted octanol–water partition coefficient (Wildman–Crippen LogP) is 21.1. The average molecular weight is 1020 g/mol. The number of hydrogen-bond donors (Lipinski definition) is 0. The molecular formula is C67H116O6. The van der Waals surface area contributed by atoms with Crippen LogP contribution in [0.5, 0.6) is 0 Å². The van der Waals surface area contributed by atoms with Crippen molar-refractivity contribution in [2.75, 3.05) is 13.2 Å². The fraction of sp³-hybridized carbons (Fsp3) is 0.746. The van der Waals surface area contributed by atoms with Gasteiger partial charge in [-0.3, -0.25) is 14.4 Å². The van der Waals surface area contributed by atoms with E-state index in [1.54, 1.807) is 0 Å². The lowest BCUT2D eigenvalue weighted by atomic mass is 10.1. The minimum atomic E-state index is -0.799. The van der Waals surface area contributed by atoms with Gasteiger partial charge in [-0.05, 0) is 122 Å². The van der Waals surface area contributed by atoms with Crippen LogP contribution in [0.15, 0.2) is 85.1 Å². The lowest BCUT2D eigenvalue weighted by molar-refractivity contribution is -0.167. The van der Waals surface area contributed by atoms with Crippen molar-refractivity contribution in [2.24, 2.45) is 0 Å². The third-order valence-corrected chi connectivity index (χ3v) is 13.3. The maximum Gasteiger partial charge on any atom is 0.306 e. The third kappa shape index (κ3) is 59.3. The lowest BCUT2D eigenvalue weighted by Crippen LogP contribution is -2.30. The first-order chi connectivity index (χ1) is 36.0. The molecule has 0 aromatic heterocycles. The Morgan fingerprint density at radius 1 is 0.274 bits per heavy atom. The Labute approximate surface area is 452 Å². The van der Waals surface area contributed by atoms with Gasteiger partial charge in [-0.2, -0.15) is 0 Å². The molecule has 0 saturated heterocycles. The second-order valence-corrected chi connectivity index (χ2v) is 20.6. The maximum absolute atomic E-state index is 12.9. The average Bonchev–Trinajstić information content (AvgIpc) is 3.39. The van der Waals surface area contributed by atoms with Crippen molar-refractivity contribution in [3.05, 3.63) is 85.1 Å². The van der Waals surface area contributed by atoms with Crippen molar-refractivity contribution in [3.63, 3.8) is 0 Å². The summed E-state index contributed by atoms with van der Waals surface area (Å²) >= 11 is 0. The molecule has 73 heavy (non-hydrogen) atoms. The van der Waals surface area contributed by atoms with E-state index in [-0.39, 0.29) is 37.5 Å². The quantitative estimate of drug-likeness (QED) is 0.0261. The second-order valence-electron chi connectivity index (χ2n) is 20.6. The summed E-state index contributed by atoms with van der Waals surface area (Å²) in [5, 5.41) is 0. The maximum atomic E-state index is 12.9. The van der Waals surface area contributed by atoms with Crippen LogP contribution in [0.2, 0.25) is 0 Å². The lowest BCUT2D eigenvalue weighted by Gasteiger charge is -2.18. The molecule has 420 valence electrons. The molecule has 0 saturated carbocycles. The number of carbonyl (C=O) groups excluding carboxylic acids is 3. The fourth-order valence-corrected chi connectivity index (χ4v) is 8.63. The first-order valence-corrected chi connectivity index (χ1v) is 31.1. The Bertz CT molecular complexity index is 1400. The standard InChI is InChI=1S/C67H116O6/c1-4-7-10-13-16-19-22-25-28-31-33-36-39-42-45-48-51-54-57-60-66(69)72-63-64(62-71-65(68)59-56-53-50-47-44-41-38-35-30-27-24-21-18-15-12-9-6-3)73-67(70)61-58-55-52-49-46-43-40-37-34-32-29-26-23-20-17-14-11-8-5-2/h17-18,20-21,25-30,34,37,43,46,64H,4-16,19,22-24,31-33,35-36,38-42,44-45,47-63H2,1-3H3/b20-17-,21-18-,28-25-,29-26-,30-27-,37-34-,46-43-/t64-/m1/s1. The minimum absolute atomic E-state index is 0.0925. The van der Waals surface area contributed by atoms with E-state index in [4.69, 9.17) is 14.2 Å². The van der Waals surface area contributed by atoms with Crippen molar-refractivity contribution in [2.45, 2.75) is 309 Å². The van der Waals surface area contributed by atoms with E-state index in [1.165, 1.54) is 167 Å². The molecule has 0 aliphatic heterocycles. The molecule has 0 spiro atoms. The van der Waals surface area contributed by atoms with Crippen molar-refractivity contribution >= 4 is 17.9 Å². The van der Waals surface area contributed by atoms with Gasteiger partial charge in [0.1, 0.15) is 13.2 Å². The fourth-order valence-electron chi connectivity index (χ4n) is 8.63. The normalized spacial score (nSPS) is 12.6. The van der Waals surface area contributed by atoms with E-state index in [2.05, 4.69) is 106 Å². The highest BCUT2D eigenvalue weighted by atomic mass is 16.6. The van der Waals surface area contributed by atoms with Gasteiger partial charge in [0.25, 0.3) is 0 Å². The van der Waals surface area contributed by atoms with E-state index < -0.39 is 6.10 Å². The molecule has 0 aliphatic carbocycles. The third-order valence-electron chi connectivity index (χ3n) is 13.3. The topological polar surface area (TPSA) is 78.9 Å². The number of allylic oxidation sites excluding steroid dienone is 14. The van der Waals surface area contributed by atoms with E-state index in [1.807, 2.05) is 0 Å². The van der Waals surface area contributed by atoms with E-state index in [9.17, 15) is 14.4 Å². The van der Waals surface area contributed by atoms with Crippen molar-refractivity contribution in [1.29, 1.82) is 0 Å². The van der Waals surface area contributed by atoms with Gasteiger partial charge >= 0.3 is 17.9 Å². The SMILES string of the molecule is CCCCC/C=C\C/C=C\C/C=C\C/C=C\CCCCCC(=O)O[C@H](COC(=O)CCCCCCCCC/C=C\C/C=C\CCCCC)COC(=O)CCCCCCCCCCC/C=C\CCCCCCCC. The van der Waals surface area contributed by atoms with Gasteiger partial charge in [0.15, 0.2) is 6.10 Å². The number of unbranched alkanes of at least 4 members (excludes halogenated alkanes) is 31. The Hall–Kier alpha value is -3.41. The molecule has 0 amide bonds. The smallest absolute Gasteiger partial charge is 0.306 e. The zero-order valence-electron chi connectivity index (χ0n) is 48.1. The van der Waals surface area contributed by atoms with Crippen molar-refractivity contribution in [3.8, 4) is 0 Å². The van der Waals surface area contributed by atoms with Crippen LogP contribution in [0, 0.1) is 0 Å². The van der Waals surface area contributed by atoms with E-state index in [0.29, 0.717) is 12.8 Å². The van der Waals surface area contributed by atoms with Gasteiger partial charge in [0, 0.05) is 19.3 Å². The summed E-state index contributed by atoms with van der Waals surface area (Å²) in [6, 6.07) is 0. The van der Waals surface area contributed by atoms with Gasteiger partial charge in [0.2, 0.25) is 0 Å². The molecule has 0 aromatic carbocycles. The molecule has 0 aromatic rings. The summed E-state index contributed by atoms with van der Waals surface area (Å²) in [6.45, 7) is 6.57. The zero-order chi connectivity index (χ0) is 52.9. The number of rotatable bonds is 56. The molecule has 0 radical (unpaired) electrons. The highest BCUT2D eigenvalue weighted by Gasteiger charge is 2.19. The highest BCUT2D eigenvalue weighted by molar-refractivity contribution is 5.71. The van der Waals surface area contributed by atoms with Crippen LogP contribution in [0.4, 0.5) is 0 Å². The Morgan fingerprint density at radius 3 is 0.822 bits per heavy atom. The number of carbonyl (C=O) groups is 3. The molecule has 6 heteroatoms. The monoisotopic (exact) mass is 1020 g/mol. The van der Waals surface area contributed by atoms with E-state index in [0.717, 1.165) is 96.3 Å². The van der Waals surface area contributed by atoms with E-state index >= 15 is 0 Å². The Balaban J connectivity index is 4.45. The van der Waals surface area contributed by atoms with Gasteiger partial charge in [-0.15, -0.1) is 0 Å². The molecule has 0 unspecified atom stereocenters. The van der Waals surface area contributed by atoms with Crippen LogP contribution < -0.4 is 0 Å². The summed E-state index contributed by atoms with van der Waals surface area (Å²) in [6.07, 6.45) is 80.0. The molecule has 0 N–H and O–H groups in total. The van der Waals surface area contributed by atoms with Crippen LogP contribution >= 0.6 is 0 Å². The zero-order valence-corrected chi connectivity index (χ0v) is 48.1. The van der Waals surface area contributed by atoms with Crippen LogP contribution in [-0.2, 0) is 28.6 Å².